The van der Waals surface area contributed by atoms with E-state index in [4.69, 9.17) is 14.4 Å². The third-order valence-electron chi connectivity index (χ3n) is 2.43. The van der Waals surface area contributed by atoms with Crippen molar-refractivity contribution in [3.8, 4) is 0 Å². The standard InChI is InChI=1S/C12H12N2O5S/c1-18-6-7-5-8(14-19-7)11(15)13-10(12(16)17)9-3-2-4-20-9/h2-5,10H,6H2,1H3,(H,13,15)(H,16,17). The lowest BCUT2D eigenvalue weighted by Gasteiger charge is -2.11. The zero-order valence-electron chi connectivity index (χ0n) is 10.5. The molecule has 1 atom stereocenters. The SMILES string of the molecule is COCc1cc(C(=O)NC(C(=O)O)c2cccs2)no1. The summed E-state index contributed by atoms with van der Waals surface area (Å²) in [4.78, 5) is 23.7. The molecule has 0 aliphatic heterocycles. The van der Waals surface area contributed by atoms with E-state index in [9.17, 15) is 9.59 Å². The van der Waals surface area contributed by atoms with Gasteiger partial charge in [0.1, 0.15) is 6.61 Å². The Morgan fingerprint density at radius 2 is 2.40 bits per heavy atom. The minimum atomic E-state index is -1.14. The first-order chi connectivity index (χ1) is 9.61. The number of carboxylic acid groups (broad SMARTS) is 1. The molecule has 0 saturated carbocycles. The van der Waals surface area contributed by atoms with E-state index in [1.54, 1.807) is 17.5 Å². The van der Waals surface area contributed by atoms with Crippen molar-refractivity contribution in [1.82, 2.24) is 10.5 Å². The predicted molar refractivity (Wildman–Crippen MR) is 69.4 cm³/mol. The van der Waals surface area contributed by atoms with Crippen molar-refractivity contribution in [3.05, 3.63) is 39.9 Å². The van der Waals surface area contributed by atoms with Gasteiger partial charge in [-0.05, 0) is 11.4 Å². The third-order valence-corrected chi connectivity index (χ3v) is 3.37. The van der Waals surface area contributed by atoms with Gasteiger partial charge < -0.3 is 19.7 Å². The van der Waals surface area contributed by atoms with Crippen molar-refractivity contribution in [2.24, 2.45) is 0 Å². The van der Waals surface area contributed by atoms with Crippen LogP contribution in [0.15, 0.2) is 28.1 Å². The lowest BCUT2D eigenvalue weighted by atomic mass is 10.2. The summed E-state index contributed by atoms with van der Waals surface area (Å²) in [5.41, 5.74) is 0.0138. The van der Waals surface area contributed by atoms with Crippen LogP contribution in [-0.2, 0) is 16.1 Å². The Bertz CT molecular complexity index is 593. The van der Waals surface area contributed by atoms with E-state index in [0.717, 1.165) is 0 Å². The number of aromatic nitrogens is 1. The summed E-state index contributed by atoms with van der Waals surface area (Å²) in [7, 11) is 1.49. The lowest BCUT2D eigenvalue weighted by molar-refractivity contribution is -0.139. The van der Waals surface area contributed by atoms with Gasteiger partial charge in [0.2, 0.25) is 0 Å². The van der Waals surface area contributed by atoms with Gasteiger partial charge in [0.15, 0.2) is 17.5 Å². The smallest absolute Gasteiger partial charge is 0.331 e. The molecule has 1 amide bonds. The highest BCUT2D eigenvalue weighted by molar-refractivity contribution is 7.10. The number of rotatable bonds is 6. The van der Waals surface area contributed by atoms with Crippen molar-refractivity contribution in [3.63, 3.8) is 0 Å². The Morgan fingerprint density at radius 3 is 3.00 bits per heavy atom. The molecule has 106 valence electrons. The maximum atomic E-state index is 11.9. The van der Waals surface area contributed by atoms with Crippen LogP contribution in [0.4, 0.5) is 0 Å². The van der Waals surface area contributed by atoms with Gasteiger partial charge in [0.25, 0.3) is 5.91 Å². The topological polar surface area (TPSA) is 102 Å². The van der Waals surface area contributed by atoms with Crippen LogP contribution < -0.4 is 5.32 Å². The van der Waals surface area contributed by atoms with Crippen LogP contribution in [-0.4, -0.2) is 29.2 Å². The predicted octanol–water partition coefficient (Wildman–Crippen LogP) is 1.44. The number of thiophene rings is 1. The molecular weight excluding hydrogens is 284 g/mol. The molecule has 0 saturated heterocycles. The second kappa shape index (κ2) is 6.31. The summed E-state index contributed by atoms with van der Waals surface area (Å²) < 4.78 is 9.72. The largest absolute Gasteiger partial charge is 0.479 e. The van der Waals surface area contributed by atoms with Crippen molar-refractivity contribution in [2.75, 3.05) is 7.11 Å². The average Bonchev–Trinajstić information content (AvgIpc) is 3.06. The van der Waals surface area contributed by atoms with Gasteiger partial charge >= 0.3 is 5.97 Å². The van der Waals surface area contributed by atoms with Gasteiger partial charge in [-0.2, -0.15) is 0 Å². The Balaban J connectivity index is 2.10. The molecule has 7 nitrogen and oxygen atoms in total. The molecule has 2 heterocycles. The van der Waals surface area contributed by atoms with E-state index < -0.39 is 17.9 Å². The van der Waals surface area contributed by atoms with Crippen LogP contribution in [0.3, 0.4) is 0 Å². The average molecular weight is 296 g/mol. The van der Waals surface area contributed by atoms with Crippen LogP contribution in [0.2, 0.25) is 0 Å². The van der Waals surface area contributed by atoms with Crippen LogP contribution in [0.1, 0.15) is 27.2 Å². The van der Waals surface area contributed by atoms with E-state index in [2.05, 4.69) is 10.5 Å². The fourth-order valence-electron chi connectivity index (χ4n) is 1.55. The number of methoxy groups -OCH3 is 1. The number of hydrogen-bond acceptors (Lipinski definition) is 6. The second-order valence-electron chi connectivity index (χ2n) is 3.87. The molecule has 0 aliphatic rings. The fraction of sp³-hybridized carbons (Fsp3) is 0.250. The summed E-state index contributed by atoms with van der Waals surface area (Å²) in [6.07, 6.45) is 0. The highest BCUT2D eigenvalue weighted by Gasteiger charge is 2.25. The molecule has 0 bridgehead atoms. The second-order valence-corrected chi connectivity index (χ2v) is 4.85. The summed E-state index contributed by atoms with van der Waals surface area (Å²) in [5.74, 6) is -1.36. The monoisotopic (exact) mass is 296 g/mol. The number of carbonyl (C=O) groups is 2. The molecule has 2 rings (SSSR count). The number of aliphatic carboxylic acids is 1. The van der Waals surface area contributed by atoms with Gasteiger partial charge in [-0.1, -0.05) is 11.2 Å². The normalized spacial score (nSPS) is 12.1. The summed E-state index contributed by atoms with van der Waals surface area (Å²) in [6, 6.07) is 3.66. The maximum Gasteiger partial charge on any atom is 0.331 e. The van der Waals surface area contributed by atoms with Crippen LogP contribution in [0, 0.1) is 0 Å². The molecule has 2 aromatic heterocycles. The van der Waals surface area contributed by atoms with E-state index in [0.29, 0.717) is 10.6 Å². The van der Waals surface area contributed by atoms with Crippen molar-refractivity contribution in [2.45, 2.75) is 12.6 Å². The number of hydrogen-bond donors (Lipinski definition) is 2. The van der Waals surface area contributed by atoms with Crippen LogP contribution >= 0.6 is 11.3 Å². The van der Waals surface area contributed by atoms with Gasteiger partial charge in [0.05, 0.1) is 0 Å². The zero-order valence-corrected chi connectivity index (χ0v) is 11.3. The lowest BCUT2D eigenvalue weighted by Crippen LogP contribution is -2.33. The Kier molecular flexibility index (Phi) is 4.49. The van der Waals surface area contributed by atoms with Crippen molar-refractivity contribution >= 4 is 23.2 Å². The van der Waals surface area contributed by atoms with Crippen molar-refractivity contribution in [1.29, 1.82) is 0 Å². The summed E-state index contributed by atoms with van der Waals surface area (Å²) in [6.45, 7) is 0.188. The van der Waals surface area contributed by atoms with Gasteiger partial charge in [-0.3, -0.25) is 4.79 Å². The Morgan fingerprint density at radius 1 is 1.60 bits per heavy atom. The number of amides is 1. The minimum absolute atomic E-state index is 0.0138. The molecular formula is C12H12N2O5S. The Hall–Kier alpha value is -2.19. The third kappa shape index (κ3) is 3.22. The first-order valence-electron chi connectivity index (χ1n) is 5.63. The summed E-state index contributed by atoms with van der Waals surface area (Å²) in [5, 5.41) is 16.9. The molecule has 0 aromatic carbocycles. The first kappa shape index (κ1) is 14.2. The molecule has 0 radical (unpaired) electrons. The molecule has 0 aliphatic carbocycles. The van der Waals surface area contributed by atoms with E-state index in [-0.39, 0.29) is 12.3 Å². The first-order valence-corrected chi connectivity index (χ1v) is 6.51. The molecule has 2 aromatic rings. The molecule has 8 heteroatoms. The highest BCUT2D eigenvalue weighted by atomic mass is 32.1. The number of nitrogens with zero attached hydrogens (tertiary/aromatic N) is 1. The minimum Gasteiger partial charge on any atom is -0.479 e. The molecule has 0 spiro atoms. The van der Waals surface area contributed by atoms with Gasteiger partial charge in [0, 0.05) is 18.1 Å². The van der Waals surface area contributed by atoms with Crippen LogP contribution in [0.25, 0.3) is 0 Å². The fourth-order valence-corrected chi connectivity index (χ4v) is 2.31. The molecule has 2 N–H and O–H groups in total. The number of nitrogens with one attached hydrogen (secondary N) is 1. The van der Waals surface area contributed by atoms with Crippen molar-refractivity contribution < 1.29 is 24.0 Å². The number of ether oxygens (including phenoxy) is 1. The van der Waals surface area contributed by atoms with E-state index in [1.807, 2.05) is 0 Å². The summed E-state index contributed by atoms with van der Waals surface area (Å²) >= 11 is 1.25. The maximum absolute atomic E-state index is 11.9. The zero-order chi connectivity index (χ0) is 14.5. The number of carboxylic acids is 1. The molecule has 1 unspecified atom stereocenters. The molecule has 20 heavy (non-hydrogen) atoms. The van der Waals surface area contributed by atoms with E-state index in [1.165, 1.54) is 24.5 Å². The van der Waals surface area contributed by atoms with E-state index >= 15 is 0 Å². The Labute approximate surface area is 118 Å². The highest BCUT2D eigenvalue weighted by Crippen LogP contribution is 2.19. The quantitative estimate of drug-likeness (QED) is 0.836. The number of carbonyl (C=O) groups excluding carboxylic acids is 1. The van der Waals surface area contributed by atoms with Crippen LogP contribution in [0.5, 0.6) is 0 Å². The molecule has 0 fully saturated rings. The van der Waals surface area contributed by atoms with Gasteiger partial charge in [-0.15, -0.1) is 11.3 Å². The van der Waals surface area contributed by atoms with Gasteiger partial charge in [-0.25, -0.2) is 4.79 Å².